The molecule has 0 radical (unpaired) electrons. The zero-order valence-electron chi connectivity index (χ0n) is 9.23. The van der Waals surface area contributed by atoms with E-state index in [0.29, 0.717) is 6.42 Å². The summed E-state index contributed by atoms with van der Waals surface area (Å²) in [6.07, 6.45) is 2.05. The fourth-order valence-electron chi connectivity index (χ4n) is 1.60. The van der Waals surface area contributed by atoms with Gasteiger partial charge < -0.3 is 10.1 Å². The van der Waals surface area contributed by atoms with Crippen molar-refractivity contribution >= 4 is 21.6 Å². The molecule has 0 aliphatic carbocycles. The average Bonchev–Trinajstić information content (AvgIpc) is 2.19. The standard InChI is InChI=1S/C9H19NO3S2/c1-10-8(3-6-15(2,11)12)9-7-14-5-4-13-9/h8-10H,3-7H2,1-2H3. The Kier molecular flexibility index (Phi) is 5.38. The summed E-state index contributed by atoms with van der Waals surface area (Å²) in [6, 6.07) is 0.146. The van der Waals surface area contributed by atoms with Gasteiger partial charge in [0.2, 0.25) is 0 Å². The summed E-state index contributed by atoms with van der Waals surface area (Å²) < 4.78 is 27.7. The number of sulfone groups is 1. The van der Waals surface area contributed by atoms with Crippen molar-refractivity contribution in [2.45, 2.75) is 18.6 Å². The van der Waals surface area contributed by atoms with Crippen molar-refractivity contribution in [3.8, 4) is 0 Å². The highest BCUT2D eigenvalue weighted by atomic mass is 32.2. The highest BCUT2D eigenvalue weighted by molar-refractivity contribution is 7.99. The molecule has 1 aliphatic heterocycles. The van der Waals surface area contributed by atoms with Gasteiger partial charge in [-0.05, 0) is 13.5 Å². The van der Waals surface area contributed by atoms with Gasteiger partial charge in [-0.1, -0.05) is 0 Å². The molecule has 1 aliphatic rings. The Morgan fingerprint density at radius 2 is 2.33 bits per heavy atom. The Labute approximate surface area is 96.1 Å². The third kappa shape index (κ3) is 5.19. The summed E-state index contributed by atoms with van der Waals surface area (Å²) in [5, 5.41) is 3.14. The van der Waals surface area contributed by atoms with E-state index in [-0.39, 0.29) is 17.9 Å². The van der Waals surface area contributed by atoms with Gasteiger partial charge in [-0.15, -0.1) is 0 Å². The second-order valence-corrected chi connectivity index (χ2v) is 7.21. The van der Waals surface area contributed by atoms with Crippen molar-refractivity contribution in [1.29, 1.82) is 0 Å². The van der Waals surface area contributed by atoms with Gasteiger partial charge in [0.25, 0.3) is 0 Å². The molecule has 1 N–H and O–H groups in total. The summed E-state index contributed by atoms with van der Waals surface area (Å²) in [6.45, 7) is 0.770. The number of thioether (sulfide) groups is 1. The molecule has 0 bridgehead atoms. The van der Waals surface area contributed by atoms with Crippen LogP contribution in [0.15, 0.2) is 0 Å². The average molecular weight is 253 g/mol. The first-order chi connectivity index (χ1) is 7.03. The molecule has 15 heavy (non-hydrogen) atoms. The number of likely N-dealkylation sites (N-methyl/N-ethyl adjacent to an activating group) is 1. The van der Waals surface area contributed by atoms with Crippen LogP contribution in [-0.2, 0) is 14.6 Å². The number of nitrogens with one attached hydrogen (secondary N) is 1. The van der Waals surface area contributed by atoms with Crippen LogP contribution >= 0.6 is 11.8 Å². The number of rotatable bonds is 5. The third-order valence-corrected chi connectivity index (χ3v) is 4.46. The van der Waals surface area contributed by atoms with E-state index in [1.165, 1.54) is 6.26 Å². The van der Waals surface area contributed by atoms with Crippen LogP contribution in [0.5, 0.6) is 0 Å². The normalized spacial score (nSPS) is 25.1. The van der Waals surface area contributed by atoms with Gasteiger partial charge in [0.15, 0.2) is 0 Å². The Hall–Kier alpha value is 0.220. The van der Waals surface area contributed by atoms with Crippen LogP contribution in [0, 0.1) is 0 Å². The first kappa shape index (κ1) is 13.3. The van der Waals surface area contributed by atoms with Crippen molar-refractivity contribution in [3.63, 3.8) is 0 Å². The molecular formula is C9H19NO3S2. The lowest BCUT2D eigenvalue weighted by Gasteiger charge is -2.29. The summed E-state index contributed by atoms with van der Waals surface area (Å²) >= 11 is 1.87. The predicted octanol–water partition coefficient (Wildman–Crippen LogP) is 0.141. The maximum atomic E-state index is 11.1. The summed E-state index contributed by atoms with van der Waals surface area (Å²) in [7, 11) is -1.01. The fraction of sp³-hybridized carbons (Fsp3) is 1.00. The van der Waals surface area contributed by atoms with E-state index < -0.39 is 9.84 Å². The monoisotopic (exact) mass is 253 g/mol. The van der Waals surface area contributed by atoms with E-state index >= 15 is 0 Å². The largest absolute Gasteiger partial charge is 0.375 e. The molecule has 1 fully saturated rings. The van der Waals surface area contributed by atoms with Crippen LogP contribution < -0.4 is 5.32 Å². The molecule has 0 saturated carbocycles. The van der Waals surface area contributed by atoms with Gasteiger partial charge in [-0.25, -0.2) is 8.42 Å². The SMILES string of the molecule is CNC(CCS(C)(=O)=O)C1CSCCO1. The topological polar surface area (TPSA) is 55.4 Å². The van der Waals surface area contributed by atoms with E-state index in [2.05, 4.69) is 5.32 Å². The molecule has 0 aromatic carbocycles. The lowest BCUT2D eigenvalue weighted by molar-refractivity contribution is 0.0484. The molecule has 2 atom stereocenters. The maximum absolute atomic E-state index is 11.1. The van der Waals surface area contributed by atoms with Crippen molar-refractivity contribution in [2.24, 2.45) is 0 Å². The highest BCUT2D eigenvalue weighted by Gasteiger charge is 2.24. The van der Waals surface area contributed by atoms with Crippen molar-refractivity contribution in [2.75, 3.05) is 37.2 Å². The van der Waals surface area contributed by atoms with Crippen LogP contribution in [0.2, 0.25) is 0 Å². The van der Waals surface area contributed by atoms with E-state index in [1.807, 2.05) is 18.8 Å². The zero-order chi connectivity index (χ0) is 11.3. The molecule has 4 nitrogen and oxygen atoms in total. The first-order valence-electron chi connectivity index (χ1n) is 5.07. The molecule has 2 unspecified atom stereocenters. The molecule has 0 spiro atoms. The lowest BCUT2D eigenvalue weighted by Crippen LogP contribution is -2.44. The zero-order valence-corrected chi connectivity index (χ0v) is 10.9. The summed E-state index contributed by atoms with van der Waals surface area (Å²) in [4.78, 5) is 0. The van der Waals surface area contributed by atoms with Crippen LogP contribution in [0.4, 0.5) is 0 Å². The third-order valence-electron chi connectivity index (χ3n) is 2.46. The number of hydrogen-bond acceptors (Lipinski definition) is 5. The minimum atomic E-state index is -2.87. The van der Waals surface area contributed by atoms with Crippen molar-refractivity contribution in [3.05, 3.63) is 0 Å². The van der Waals surface area contributed by atoms with Gasteiger partial charge >= 0.3 is 0 Å². The highest BCUT2D eigenvalue weighted by Crippen LogP contribution is 2.17. The van der Waals surface area contributed by atoms with Crippen LogP contribution in [0.1, 0.15) is 6.42 Å². The molecule has 90 valence electrons. The Morgan fingerprint density at radius 3 is 2.80 bits per heavy atom. The van der Waals surface area contributed by atoms with E-state index in [1.54, 1.807) is 0 Å². The van der Waals surface area contributed by atoms with Crippen LogP contribution in [0.25, 0.3) is 0 Å². The van der Waals surface area contributed by atoms with Crippen molar-refractivity contribution < 1.29 is 13.2 Å². The minimum absolute atomic E-state index is 0.146. The Bertz CT molecular complexity index is 273. The van der Waals surface area contributed by atoms with Gasteiger partial charge in [-0.2, -0.15) is 11.8 Å². The van der Waals surface area contributed by atoms with Crippen molar-refractivity contribution in [1.82, 2.24) is 5.32 Å². The Balaban J connectivity index is 2.40. The van der Waals surface area contributed by atoms with Gasteiger partial charge in [0, 0.05) is 23.8 Å². The molecule has 0 amide bonds. The van der Waals surface area contributed by atoms with E-state index in [4.69, 9.17) is 4.74 Å². The smallest absolute Gasteiger partial charge is 0.147 e. The fourth-order valence-corrected chi connectivity index (χ4v) is 3.22. The van der Waals surface area contributed by atoms with E-state index in [9.17, 15) is 8.42 Å². The molecule has 1 heterocycles. The van der Waals surface area contributed by atoms with Crippen LogP contribution in [0.3, 0.4) is 0 Å². The molecular weight excluding hydrogens is 234 g/mol. The molecule has 1 rings (SSSR count). The minimum Gasteiger partial charge on any atom is -0.375 e. The summed E-state index contributed by atoms with van der Waals surface area (Å²) in [5.41, 5.74) is 0. The molecule has 6 heteroatoms. The van der Waals surface area contributed by atoms with Crippen LogP contribution in [-0.4, -0.2) is 57.7 Å². The molecule has 1 saturated heterocycles. The second kappa shape index (κ2) is 6.08. The lowest BCUT2D eigenvalue weighted by atomic mass is 10.1. The van der Waals surface area contributed by atoms with E-state index in [0.717, 1.165) is 18.1 Å². The molecule has 0 aromatic heterocycles. The quantitative estimate of drug-likeness (QED) is 0.755. The number of ether oxygens (including phenoxy) is 1. The predicted molar refractivity (Wildman–Crippen MR) is 64.2 cm³/mol. The number of hydrogen-bond donors (Lipinski definition) is 1. The van der Waals surface area contributed by atoms with Gasteiger partial charge in [0.1, 0.15) is 9.84 Å². The van der Waals surface area contributed by atoms with Gasteiger partial charge in [0.05, 0.1) is 18.5 Å². The Morgan fingerprint density at radius 1 is 1.60 bits per heavy atom. The molecule has 0 aromatic rings. The second-order valence-electron chi connectivity index (χ2n) is 3.80. The first-order valence-corrected chi connectivity index (χ1v) is 8.29. The summed E-state index contributed by atoms with van der Waals surface area (Å²) in [5.74, 6) is 2.22. The van der Waals surface area contributed by atoms with Gasteiger partial charge in [-0.3, -0.25) is 0 Å². The maximum Gasteiger partial charge on any atom is 0.147 e.